The van der Waals surface area contributed by atoms with E-state index in [9.17, 15) is 4.79 Å². The molecule has 0 spiro atoms. The van der Waals surface area contributed by atoms with Crippen molar-refractivity contribution in [3.63, 3.8) is 0 Å². The number of carbonyl (C=O) groups excluding carboxylic acids is 1. The average Bonchev–Trinajstić information content (AvgIpc) is 3.61. The Morgan fingerprint density at radius 1 is 0.803 bits per heavy atom. The van der Waals surface area contributed by atoms with Crippen LogP contribution in [0, 0.1) is 5.92 Å². The van der Waals surface area contributed by atoms with E-state index in [0.717, 1.165) is 22.1 Å². The van der Waals surface area contributed by atoms with Crippen LogP contribution in [0.3, 0.4) is 0 Å². The molecule has 3 unspecified atom stereocenters. The minimum Gasteiger partial charge on any atom is -0.467 e. The number of rotatable bonds is 24. The Bertz CT molecular complexity index is 2270. The zero-order chi connectivity index (χ0) is 52.4. The first-order valence-corrected chi connectivity index (χ1v) is 35.3. The number of benzene rings is 4. The van der Waals surface area contributed by atoms with Crippen LogP contribution < -0.4 is 15.1 Å². The average molecular weight is 1060 g/mol. The van der Waals surface area contributed by atoms with Crippen molar-refractivity contribution in [1.29, 1.82) is 0 Å². The van der Waals surface area contributed by atoms with E-state index in [1.807, 2.05) is 38.1 Å². The van der Waals surface area contributed by atoms with E-state index < -0.39 is 42.7 Å². The molecular weight excluding hydrogens is 976 g/mol. The number of thioether (sulfide) groups is 1. The topological polar surface area (TPSA) is 81.7 Å². The van der Waals surface area contributed by atoms with Crippen LogP contribution in [-0.4, -0.2) is 81.4 Å². The molecule has 71 heavy (non-hydrogen) atoms. The molecule has 1 aliphatic heterocycles. The van der Waals surface area contributed by atoms with Gasteiger partial charge in [-0.05, 0) is 109 Å². The third kappa shape index (κ3) is 16.2. The lowest BCUT2D eigenvalue weighted by atomic mass is 9.95. The minimum atomic E-state index is -2.82. The fourth-order valence-corrected chi connectivity index (χ4v) is 17.1. The number of methoxy groups -OCH3 is 1. The van der Waals surface area contributed by atoms with Gasteiger partial charge < -0.3 is 32.5 Å². The van der Waals surface area contributed by atoms with Crippen LogP contribution in [0.5, 0.6) is 5.75 Å². The third-order valence-electron chi connectivity index (χ3n) is 14.0. The molecule has 1 heterocycles. The molecule has 0 N–H and O–H groups in total. The van der Waals surface area contributed by atoms with Crippen LogP contribution in [-0.2, 0) is 39.0 Å². The summed E-state index contributed by atoms with van der Waals surface area (Å²) in [5, 5.41) is 2.64. The zero-order valence-corrected chi connectivity index (χ0v) is 50.3. The van der Waals surface area contributed by atoms with Gasteiger partial charge in [-0.1, -0.05) is 171 Å². The molecule has 5 rings (SSSR count). The van der Waals surface area contributed by atoms with Crippen molar-refractivity contribution in [3.8, 4) is 5.75 Å². The molecule has 4 aromatic rings. The number of halogens is 1. The van der Waals surface area contributed by atoms with Crippen LogP contribution in [0.25, 0.3) is 0 Å². The molecule has 1 aliphatic rings. The van der Waals surface area contributed by atoms with E-state index >= 15 is 0 Å². The van der Waals surface area contributed by atoms with Crippen molar-refractivity contribution in [2.75, 3.05) is 20.5 Å². The van der Waals surface area contributed by atoms with Gasteiger partial charge in [-0.2, -0.15) is 0 Å². The molecule has 0 aliphatic carbocycles. The molecule has 0 aromatic heterocycles. The Morgan fingerprint density at radius 3 is 1.92 bits per heavy atom. The van der Waals surface area contributed by atoms with Crippen molar-refractivity contribution >= 4 is 64.4 Å². The SMILES string of the molecule is COCOc1cc(Cl)cc(C(CC[C@@H]2OC(C)(C)O[C@@H]2C(/C=C\[C@@H](C)C(C)O[Si](c2ccccc2)(c2ccccc2)C(C)(C)C)O[Si](C)(C)C(C)(C)C)Sc2ccccc2)c1CC(=O)OCC[Si](C)(C)C. The second kappa shape index (κ2) is 25.0. The summed E-state index contributed by atoms with van der Waals surface area (Å²) in [6.45, 7) is 34.1. The normalized spacial score (nSPS) is 18.5. The molecule has 0 bridgehead atoms. The first kappa shape index (κ1) is 58.9. The molecule has 4 aromatic carbocycles. The summed E-state index contributed by atoms with van der Waals surface area (Å²) in [7, 11) is -5.04. The van der Waals surface area contributed by atoms with E-state index in [4.69, 9.17) is 44.1 Å². The largest absolute Gasteiger partial charge is 0.467 e. The van der Waals surface area contributed by atoms with Gasteiger partial charge in [0.05, 0.1) is 25.2 Å². The first-order chi connectivity index (χ1) is 33.2. The van der Waals surface area contributed by atoms with Gasteiger partial charge in [0.25, 0.3) is 8.32 Å². The highest BCUT2D eigenvalue weighted by atomic mass is 35.5. The van der Waals surface area contributed by atoms with Crippen LogP contribution in [0.1, 0.15) is 98.5 Å². The molecule has 390 valence electrons. The monoisotopic (exact) mass is 1060 g/mol. The second-order valence-electron chi connectivity index (χ2n) is 23.4. The van der Waals surface area contributed by atoms with E-state index in [-0.39, 0.29) is 52.6 Å². The summed E-state index contributed by atoms with van der Waals surface area (Å²) < 4.78 is 46.3. The van der Waals surface area contributed by atoms with Crippen LogP contribution in [0.2, 0.25) is 53.9 Å². The fraction of sp³-hybridized carbons (Fsp3) is 0.534. The Hall–Kier alpha value is -3.02. The lowest BCUT2D eigenvalue weighted by Crippen LogP contribution is -2.67. The summed E-state index contributed by atoms with van der Waals surface area (Å²) in [6.07, 6.45) is 4.56. The maximum Gasteiger partial charge on any atom is 0.310 e. The quantitative estimate of drug-likeness (QED) is 0.0224. The fourth-order valence-electron chi connectivity index (χ4n) is 8.90. The minimum absolute atomic E-state index is 0.00404. The maximum absolute atomic E-state index is 13.7. The third-order valence-corrected chi connectivity index (χ3v) is 26.8. The molecule has 0 amide bonds. The molecular formula is C58H85ClO8SSi3. The highest BCUT2D eigenvalue weighted by molar-refractivity contribution is 7.99. The van der Waals surface area contributed by atoms with Gasteiger partial charge in [0, 0.05) is 42.0 Å². The van der Waals surface area contributed by atoms with E-state index in [0.29, 0.717) is 30.2 Å². The summed E-state index contributed by atoms with van der Waals surface area (Å²) in [6, 6.07) is 36.6. The molecule has 6 atom stereocenters. The predicted octanol–water partition coefficient (Wildman–Crippen LogP) is 14.4. The molecule has 8 nitrogen and oxygen atoms in total. The highest BCUT2D eigenvalue weighted by Gasteiger charge is 2.52. The zero-order valence-electron chi connectivity index (χ0n) is 45.7. The highest BCUT2D eigenvalue weighted by Crippen LogP contribution is 2.47. The van der Waals surface area contributed by atoms with Crippen molar-refractivity contribution < 1.29 is 37.3 Å². The Balaban J connectivity index is 1.52. The van der Waals surface area contributed by atoms with Crippen molar-refractivity contribution in [2.45, 2.75) is 178 Å². The van der Waals surface area contributed by atoms with Crippen molar-refractivity contribution in [1.82, 2.24) is 0 Å². The molecule has 1 fully saturated rings. The predicted molar refractivity (Wildman–Crippen MR) is 303 cm³/mol. The van der Waals surface area contributed by atoms with E-state index in [1.165, 1.54) is 10.4 Å². The van der Waals surface area contributed by atoms with Crippen LogP contribution in [0.4, 0.5) is 0 Å². The maximum atomic E-state index is 13.7. The van der Waals surface area contributed by atoms with Crippen molar-refractivity contribution in [3.05, 3.63) is 131 Å². The smallest absolute Gasteiger partial charge is 0.310 e. The Kier molecular flexibility index (Phi) is 20.7. The second-order valence-corrected chi connectivity index (χ2v) is 39.8. The van der Waals surface area contributed by atoms with Gasteiger partial charge in [-0.15, -0.1) is 11.8 Å². The summed E-state index contributed by atoms with van der Waals surface area (Å²) in [5.74, 6) is -0.636. The number of hydrogen-bond donors (Lipinski definition) is 0. The van der Waals surface area contributed by atoms with Crippen LogP contribution >= 0.6 is 23.4 Å². The van der Waals surface area contributed by atoms with Crippen LogP contribution in [0.15, 0.2) is 120 Å². The molecule has 13 heteroatoms. The van der Waals surface area contributed by atoms with Gasteiger partial charge in [-0.3, -0.25) is 4.79 Å². The number of esters is 1. The number of ether oxygens (including phenoxy) is 5. The van der Waals surface area contributed by atoms with Gasteiger partial charge >= 0.3 is 5.97 Å². The Morgan fingerprint density at radius 2 is 1.38 bits per heavy atom. The number of carbonyl (C=O) groups is 1. The standard InChI is InChI=1S/C58H85ClO8SSi3/c1-42(43(2)66-71(57(6,7)8,46-28-22-18-23-29-46)47-30-24-19-25-31-47)32-33-51(67-70(15,16)56(3,4)5)55-50(64-58(9,10)65-55)34-35-53(68-45-26-20-17-21-27-45)49-38-44(59)39-52(63-41-61-11)48(49)40-54(60)62-36-37-69(12,13)14/h17-33,38-39,42-43,50-51,53,55H,34-37,40-41H2,1-16H3/b33-32-/t42-,43?,50+,51?,53?,55+/m1/s1. The molecule has 0 saturated carbocycles. The molecule has 0 radical (unpaired) electrons. The van der Waals surface area contributed by atoms with Crippen molar-refractivity contribution in [2.24, 2.45) is 5.92 Å². The van der Waals surface area contributed by atoms with Gasteiger partial charge in [0.1, 0.15) is 11.9 Å². The number of hydrogen-bond acceptors (Lipinski definition) is 9. The Labute approximate surface area is 440 Å². The van der Waals surface area contributed by atoms with Gasteiger partial charge in [0.2, 0.25) is 0 Å². The van der Waals surface area contributed by atoms with E-state index in [1.54, 1.807) is 24.9 Å². The summed E-state index contributed by atoms with van der Waals surface area (Å²) in [5.41, 5.74) is 1.65. The lowest BCUT2D eigenvalue weighted by Gasteiger charge is -2.45. The van der Waals surface area contributed by atoms with E-state index in [2.05, 4.69) is 173 Å². The summed E-state index contributed by atoms with van der Waals surface area (Å²) >= 11 is 8.67. The molecule has 1 saturated heterocycles. The summed E-state index contributed by atoms with van der Waals surface area (Å²) in [4.78, 5) is 14.8. The van der Waals surface area contributed by atoms with Gasteiger partial charge in [-0.25, -0.2) is 0 Å². The lowest BCUT2D eigenvalue weighted by molar-refractivity contribution is -0.152. The first-order valence-electron chi connectivity index (χ1n) is 25.5. The van der Waals surface area contributed by atoms with Gasteiger partial charge in [0.15, 0.2) is 20.9 Å².